The summed E-state index contributed by atoms with van der Waals surface area (Å²) >= 11 is 0.916. The van der Waals surface area contributed by atoms with E-state index in [0.717, 1.165) is 77.0 Å². The summed E-state index contributed by atoms with van der Waals surface area (Å²) in [6.45, 7) is 4.95. The number of hydrogen-bond acceptors (Lipinski definition) is 7. The van der Waals surface area contributed by atoms with Crippen LogP contribution in [-0.2, 0) is 17.9 Å². The highest BCUT2D eigenvalue weighted by Crippen LogP contribution is 2.32. The van der Waals surface area contributed by atoms with Gasteiger partial charge in [0.1, 0.15) is 36.1 Å². The number of ether oxygens (including phenoxy) is 2. The fourth-order valence-corrected chi connectivity index (χ4v) is 5.88. The standard InChI is InChI=1S/C32H30N2O5S/c1-21-28(27-17-26(13-14-29(27)39-21)37-19-23-6-3-2-4-7-23)18-34-15-5-8-24(34)20-38-25-11-9-22(10-12-25)16-30-31(35)33-32(36)40-30/h2-4,6-7,9-14,16-17,24H,5,8,15,18-20H2,1H3,(H,33,35,36)/t24-/m0/s1. The van der Waals surface area contributed by atoms with Crippen molar-refractivity contribution in [2.24, 2.45) is 0 Å². The summed E-state index contributed by atoms with van der Waals surface area (Å²) in [6, 6.07) is 24.1. The molecule has 0 saturated carbocycles. The van der Waals surface area contributed by atoms with E-state index in [9.17, 15) is 9.59 Å². The molecule has 1 atom stereocenters. The SMILES string of the molecule is Cc1oc2ccc(OCc3ccccc3)cc2c1CN1CCC[C@H]1COc1ccc(C=C2SC(=O)NC2=O)cc1. The van der Waals surface area contributed by atoms with E-state index < -0.39 is 0 Å². The third-order valence-electron chi connectivity index (χ3n) is 7.34. The topological polar surface area (TPSA) is 81.0 Å². The number of imide groups is 1. The van der Waals surface area contributed by atoms with Crippen LogP contribution < -0.4 is 14.8 Å². The van der Waals surface area contributed by atoms with E-state index in [4.69, 9.17) is 13.9 Å². The molecule has 4 aromatic rings. The summed E-state index contributed by atoms with van der Waals surface area (Å²) in [7, 11) is 0. The average Bonchev–Trinajstić information content (AvgIpc) is 3.64. The Morgan fingerprint density at radius 3 is 2.60 bits per heavy atom. The number of fused-ring (bicyclic) bond motifs is 1. The van der Waals surface area contributed by atoms with Crippen molar-refractivity contribution in [3.63, 3.8) is 0 Å². The summed E-state index contributed by atoms with van der Waals surface area (Å²) in [5.74, 6) is 2.19. The molecule has 2 amide bonds. The Morgan fingerprint density at radius 2 is 1.82 bits per heavy atom. The van der Waals surface area contributed by atoms with Crippen molar-refractivity contribution in [2.75, 3.05) is 13.2 Å². The second-order valence-electron chi connectivity index (χ2n) is 10.1. The molecule has 0 radical (unpaired) electrons. The number of likely N-dealkylation sites (tertiary alicyclic amines) is 1. The summed E-state index contributed by atoms with van der Waals surface area (Å²) in [5, 5.41) is 3.03. The third kappa shape index (κ3) is 5.93. The molecule has 0 spiro atoms. The van der Waals surface area contributed by atoms with Gasteiger partial charge in [-0.2, -0.15) is 0 Å². The van der Waals surface area contributed by atoms with Crippen LogP contribution in [0.3, 0.4) is 0 Å². The van der Waals surface area contributed by atoms with E-state index in [1.807, 2.05) is 61.5 Å². The lowest BCUT2D eigenvalue weighted by atomic mass is 10.1. The quantitative estimate of drug-likeness (QED) is 0.231. The van der Waals surface area contributed by atoms with Gasteiger partial charge in [-0.15, -0.1) is 0 Å². The van der Waals surface area contributed by atoms with Gasteiger partial charge in [0, 0.05) is 23.5 Å². The van der Waals surface area contributed by atoms with E-state index >= 15 is 0 Å². The molecule has 1 aromatic heterocycles. The number of nitrogens with one attached hydrogen (secondary N) is 1. The predicted octanol–water partition coefficient (Wildman–Crippen LogP) is 6.69. The first-order valence-corrected chi connectivity index (χ1v) is 14.2. The van der Waals surface area contributed by atoms with E-state index in [1.54, 1.807) is 6.08 Å². The highest BCUT2D eigenvalue weighted by Gasteiger charge is 2.27. The van der Waals surface area contributed by atoms with Gasteiger partial charge in [0.2, 0.25) is 0 Å². The van der Waals surface area contributed by atoms with Crippen LogP contribution in [0.5, 0.6) is 11.5 Å². The molecule has 8 heteroatoms. The van der Waals surface area contributed by atoms with Crippen LogP contribution in [0.4, 0.5) is 4.79 Å². The Labute approximate surface area is 237 Å². The molecule has 2 aliphatic rings. The van der Waals surface area contributed by atoms with Gasteiger partial charge in [-0.3, -0.25) is 19.8 Å². The second kappa shape index (κ2) is 11.6. The smallest absolute Gasteiger partial charge is 0.290 e. The van der Waals surface area contributed by atoms with Gasteiger partial charge in [0.25, 0.3) is 11.1 Å². The van der Waals surface area contributed by atoms with E-state index in [1.165, 1.54) is 5.56 Å². The number of amides is 2. The van der Waals surface area contributed by atoms with Gasteiger partial charge < -0.3 is 13.9 Å². The van der Waals surface area contributed by atoms with Crippen molar-refractivity contribution in [1.29, 1.82) is 0 Å². The van der Waals surface area contributed by atoms with Crippen molar-refractivity contribution >= 4 is 40.0 Å². The maximum absolute atomic E-state index is 11.8. The fraction of sp³-hybridized carbons (Fsp3) is 0.250. The van der Waals surface area contributed by atoms with Crippen LogP contribution in [0.1, 0.15) is 35.3 Å². The van der Waals surface area contributed by atoms with Crippen LogP contribution >= 0.6 is 11.8 Å². The Kier molecular flexibility index (Phi) is 7.62. The third-order valence-corrected chi connectivity index (χ3v) is 8.15. The lowest BCUT2D eigenvalue weighted by Gasteiger charge is -2.24. The van der Waals surface area contributed by atoms with Gasteiger partial charge in [-0.05, 0) is 85.6 Å². The van der Waals surface area contributed by atoms with Gasteiger partial charge in [-0.1, -0.05) is 42.5 Å². The van der Waals surface area contributed by atoms with E-state index in [-0.39, 0.29) is 11.1 Å². The zero-order valence-electron chi connectivity index (χ0n) is 22.2. The molecule has 1 N–H and O–H groups in total. The molecule has 0 bridgehead atoms. The number of aryl methyl sites for hydroxylation is 1. The molecule has 204 valence electrons. The molecule has 3 aromatic carbocycles. The molecule has 2 saturated heterocycles. The zero-order chi connectivity index (χ0) is 27.5. The minimum Gasteiger partial charge on any atom is -0.492 e. The van der Waals surface area contributed by atoms with E-state index in [0.29, 0.717) is 24.2 Å². The minimum absolute atomic E-state index is 0.299. The molecule has 0 aliphatic carbocycles. The monoisotopic (exact) mass is 554 g/mol. The number of nitrogens with zero attached hydrogens (tertiary/aromatic N) is 1. The first-order valence-electron chi connectivity index (χ1n) is 13.4. The molecule has 2 fully saturated rings. The minimum atomic E-state index is -0.353. The molecule has 40 heavy (non-hydrogen) atoms. The largest absolute Gasteiger partial charge is 0.492 e. The lowest BCUT2D eigenvalue weighted by molar-refractivity contribution is -0.115. The molecular formula is C32H30N2O5S. The number of rotatable bonds is 9. The van der Waals surface area contributed by atoms with Crippen LogP contribution in [0.2, 0.25) is 0 Å². The van der Waals surface area contributed by atoms with Crippen molar-refractivity contribution in [3.05, 3.63) is 100 Å². The normalized spacial score (nSPS) is 18.5. The van der Waals surface area contributed by atoms with Crippen LogP contribution in [0.15, 0.2) is 82.1 Å². The summed E-state index contributed by atoms with van der Waals surface area (Å²) in [6.07, 6.45) is 3.91. The highest BCUT2D eigenvalue weighted by atomic mass is 32.2. The Morgan fingerprint density at radius 1 is 1.02 bits per heavy atom. The Hall–Kier alpha value is -4.01. The van der Waals surface area contributed by atoms with Crippen LogP contribution in [0, 0.1) is 6.92 Å². The lowest BCUT2D eigenvalue weighted by Crippen LogP contribution is -2.33. The van der Waals surface area contributed by atoms with Gasteiger partial charge >= 0.3 is 0 Å². The van der Waals surface area contributed by atoms with E-state index in [2.05, 4.69) is 28.4 Å². The maximum Gasteiger partial charge on any atom is 0.290 e. The number of benzene rings is 3. The molecular weight excluding hydrogens is 524 g/mol. The van der Waals surface area contributed by atoms with Crippen molar-refractivity contribution in [2.45, 2.75) is 39.0 Å². The van der Waals surface area contributed by atoms with Gasteiger partial charge in [0.15, 0.2) is 0 Å². The van der Waals surface area contributed by atoms with Crippen molar-refractivity contribution in [3.8, 4) is 11.5 Å². The number of carbonyl (C=O) groups excluding carboxylic acids is 2. The molecule has 6 rings (SSSR count). The maximum atomic E-state index is 11.8. The molecule has 0 unspecified atom stereocenters. The first-order chi connectivity index (χ1) is 19.5. The number of carbonyl (C=O) groups is 2. The highest BCUT2D eigenvalue weighted by molar-refractivity contribution is 8.18. The molecule has 2 aliphatic heterocycles. The number of hydrogen-bond donors (Lipinski definition) is 1. The van der Waals surface area contributed by atoms with Crippen molar-refractivity contribution < 1.29 is 23.5 Å². The summed E-state index contributed by atoms with van der Waals surface area (Å²) in [4.78, 5) is 26.0. The van der Waals surface area contributed by atoms with Crippen LogP contribution in [-0.4, -0.2) is 35.2 Å². The Bertz CT molecular complexity index is 1560. The second-order valence-corrected chi connectivity index (χ2v) is 11.1. The fourth-order valence-electron chi connectivity index (χ4n) is 5.20. The number of thioether (sulfide) groups is 1. The van der Waals surface area contributed by atoms with Gasteiger partial charge in [0.05, 0.1) is 4.91 Å². The summed E-state index contributed by atoms with van der Waals surface area (Å²) in [5.41, 5.74) is 4.04. The molecule has 3 heterocycles. The predicted molar refractivity (Wildman–Crippen MR) is 156 cm³/mol. The van der Waals surface area contributed by atoms with Crippen molar-refractivity contribution in [1.82, 2.24) is 10.2 Å². The number of furan rings is 1. The first kappa shape index (κ1) is 26.2. The molecule has 7 nitrogen and oxygen atoms in total. The average molecular weight is 555 g/mol. The summed E-state index contributed by atoms with van der Waals surface area (Å²) < 4.78 is 18.4. The van der Waals surface area contributed by atoms with Gasteiger partial charge in [-0.25, -0.2) is 0 Å². The zero-order valence-corrected chi connectivity index (χ0v) is 23.0. The Balaban J connectivity index is 1.09. The van der Waals surface area contributed by atoms with Crippen LogP contribution in [0.25, 0.3) is 17.0 Å².